The van der Waals surface area contributed by atoms with E-state index in [2.05, 4.69) is 15.2 Å². The first-order valence-electron chi connectivity index (χ1n) is 9.23. The van der Waals surface area contributed by atoms with E-state index in [-0.39, 0.29) is 17.5 Å². The van der Waals surface area contributed by atoms with Crippen molar-refractivity contribution >= 4 is 28.4 Å². The van der Waals surface area contributed by atoms with E-state index in [0.717, 1.165) is 11.3 Å². The van der Waals surface area contributed by atoms with Crippen molar-refractivity contribution in [2.45, 2.75) is 12.8 Å². The highest BCUT2D eigenvalue weighted by molar-refractivity contribution is 6.00. The highest BCUT2D eigenvalue weighted by atomic mass is 19.1. The second-order valence-corrected chi connectivity index (χ2v) is 6.82. The molecule has 1 amide bonds. The Bertz CT molecular complexity index is 1140. The number of hydrogen-bond acceptors (Lipinski definition) is 5. The number of methoxy groups -OCH3 is 1. The molecule has 8 heteroatoms. The summed E-state index contributed by atoms with van der Waals surface area (Å²) in [5.74, 6) is -0.934. The van der Waals surface area contributed by atoms with Crippen LogP contribution in [0.25, 0.3) is 11.1 Å². The molecule has 0 unspecified atom stereocenters. The molecule has 3 aromatic rings. The Morgan fingerprint density at radius 3 is 2.76 bits per heavy atom. The summed E-state index contributed by atoms with van der Waals surface area (Å²) in [6.07, 6.45) is 3.03. The van der Waals surface area contributed by atoms with Gasteiger partial charge in [0.05, 0.1) is 12.6 Å². The Balaban J connectivity index is 1.37. The molecule has 2 N–H and O–H groups in total. The number of nitrogens with one attached hydrogen (secondary N) is 2. The number of fused-ring (bicyclic) bond motifs is 1. The van der Waals surface area contributed by atoms with Crippen LogP contribution in [0, 0.1) is 5.82 Å². The zero-order chi connectivity index (χ0) is 20.4. The van der Waals surface area contributed by atoms with Crippen LogP contribution in [-0.4, -0.2) is 31.1 Å². The molecule has 0 atom stereocenters. The van der Waals surface area contributed by atoms with Crippen molar-refractivity contribution in [3.05, 3.63) is 64.4 Å². The summed E-state index contributed by atoms with van der Waals surface area (Å²) in [5, 5.41) is 2.79. The summed E-state index contributed by atoms with van der Waals surface area (Å²) >= 11 is 0. The van der Waals surface area contributed by atoms with Crippen LogP contribution in [-0.2, 0) is 4.79 Å². The number of benzene rings is 2. The number of halogens is 1. The molecule has 1 fully saturated rings. The van der Waals surface area contributed by atoms with Gasteiger partial charge in [-0.05, 0) is 37.1 Å². The topological polar surface area (TPSA) is 87.6 Å². The fraction of sp³-hybridized carbons (Fsp3) is 0.238. The third-order valence-electron chi connectivity index (χ3n) is 4.93. The van der Waals surface area contributed by atoms with Crippen molar-refractivity contribution in [1.29, 1.82) is 0 Å². The van der Waals surface area contributed by atoms with Crippen LogP contribution in [0.3, 0.4) is 0 Å². The van der Waals surface area contributed by atoms with Gasteiger partial charge in [-0.2, -0.15) is 0 Å². The summed E-state index contributed by atoms with van der Waals surface area (Å²) < 4.78 is 23.9. The summed E-state index contributed by atoms with van der Waals surface area (Å²) in [6, 6.07) is 9.90. The number of carbonyl (C=O) groups is 1. The Morgan fingerprint density at radius 2 is 2.03 bits per heavy atom. The number of aromatic amines is 1. The molecule has 0 radical (unpaired) electrons. The minimum absolute atomic E-state index is 0.222. The Morgan fingerprint density at radius 1 is 1.24 bits per heavy atom. The predicted molar refractivity (Wildman–Crippen MR) is 108 cm³/mol. The van der Waals surface area contributed by atoms with Gasteiger partial charge in [0.1, 0.15) is 0 Å². The van der Waals surface area contributed by atoms with Gasteiger partial charge in [-0.1, -0.05) is 5.57 Å². The van der Waals surface area contributed by atoms with E-state index >= 15 is 0 Å². The SMILES string of the molecule is COc1ccc(N2CCC(=CC(=O)Nc3ccc4[nH]c(=O)oc4c3)CC2)cc1F. The second kappa shape index (κ2) is 7.83. The van der Waals surface area contributed by atoms with Crippen molar-refractivity contribution in [1.82, 2.24) is 4.98 Å². The van der Waals surface area contributed by atoms with Gasteiger partial charge < -0.3 is 19.4 Å². The summed E-state index contributed by atoms with van der Waals surface area (Å²) in [6.45, 7) is 1.40. The van der Waals surface area contributed by atoms with Crippen LogP contribution in [0.2, 0.25) is 0 Å². The normalized spacial score (nSPS) is 14.1. The van der Waals surface area contributed by atoms with Gasteiger partial charge in [-0.3, -0.25) is 9.78 Å². The molecular formula is C21H20FN3O4. The molecule has 2 aromatic carbocycles. The van der Waals surface area contributed by atoms with E-state index in [1.807, 2.05) is 6.07 Å². The number of ether oxygens (including phenoxy) is 1. The molecule has 0 saturated carbocycles. The van der Waals surface area contributed by atoms with Gasteiger partial charge in [0.15, 0.2) is 17.1 Å². The van der Waals surface area contributed by atoms with Gasteiger partial charge in [-0.25, -0.2) is 9.18 Å². The first-order chi connectivity index (χ1) is 14.0. The molecule has 2 heterocycles. The van der Waals surface area contributed by atoms with Gasteiger partial charge in [-0.15, -0.1) is 0 Å². The number of carbonyl (C=O) groups excluding carboxylic acids is 1. The van der Waals surface area contributed by atoms with Gasteiger partial charge >= 0.3 is 5.76 Å². The first-order valence-corrected chi connectivity index (χ1v) is 9.23. The average Bonchev–Trinajstić information content (AvgIpc) is 3.07. The molecule has 1 aliphatic heterocycles. The fourth-order valence-corrected chi connectivity index (χ4v) is 3.44. The van der Waals surface area contributed by atoms with Gasteiger partial charge in [0.25, 0.3) is 0 Å². The molecule has 4 rings (SSSR count). The van der Waals surface area contributed by atoms with Crippen LogP contribution in [0.1, 0.15) is 12.8 Å². The van der Waals surface area contributed by atoms with Crippen molar-refractivity contribution in [3.63, 3.8) is 0 Å². The monoisotopic (exact) mass is 397 g/mol. The molecule has 1 aromatic heterocycles. The largest absolute Gasteiger partial charge is 0.494 e. The number of H-pyrrole nitrogens is 1. The summed E-state index contributed by atoms with van der Waals surface area (Å²) in [5.41, 5.74) is 3.34. The highest BCUT2D eigenvalue weighted by Gasteiger charge is 2.17. The lowest BCUT2D eigenvalue weighted by Crippen LogP contribution is -2.31. The molecule has 150 valence electrons. The number of nitrogens with zero attached hydrogens (tertiary/aromatic N) is 1. The lowest BCUT2D eigenvalue weighted by molar-refractivity contribution is -0.112. The van der Waals surface area contributed by atoms with E-state index < -0.39 is 5.76 Å². The summed E-state index contributed by atoms with van der Waals surface area (Å²) in [7, 11) is 1.44. The van der Waals surface area contributed by atoms with Crippen molar-refractivity contribution < 1.29 is 18.3 Å². The molecule has 7 nitrogen and oxygen atoms in total. The minimum Gasteiger partial charge on any atom is -0.494 e. The zero-order valence-corrected chi connectivity index (χ0v) is 15.8. The van der Waals surface area contributed by atoms with Gasteiger partial charge in [0, 0.05) is 42.7 Å². The van der Waals surface area contributed by atoms with Crippen LogP contribution >= 0.6 is 0 Å². The molecule has 1 aliphatic rings. The van der Waals surface area contributed by atoms with E-state index in [0.29, 0.717) is 42.7 Å². The molecule has 1 saturated heterocycles. The molecule has 0 aliphatic carbocycles. The summed E-state index contributed by atoms with van der Waals surface area (Å²) in [4.78, 5) is 28.2. The van der Waals surface area contributed by atoms with Gasteiger partial charge in [0.2, 0.25) is 5.91 Å². The fourth-order valence-electron chi connectivity index (χ4n) is 3.44. The molecule has 0 bridgehead atoms. The number of amides is 1. The Kier molecular flexibility index (Phi) is 5.07. The average molecular weight is 397 g/mol. The first kappa shape index (κ1) is 18.8. The quantitative estimate of drug-likeness (QED) is 0.659. The Labute approximate surface area is 165 Å². The number of oxazole rings is 1. The third kappa shape index (κ3) is 4.16. The lowest BCUT2D eigenvalue weighted by Gasteiger charge is -2.30. The lowest BCUT2D eigenvalue weighted by atomic mass is 10.0. The second-order valence-electron chi connectivity index (χ2n) is 6.82. The number of rotatable bonds is 4. The molecular weight excluding hydrogens is 377 g/mol. The van der Waals surface area contributed by atoms with Crippen molar-refractivity contribution in [2.75, 3.05) is 30.4 Å². The third-order valence-corrected chi connectivity index (χ3v) is 4.93. The maximum absolute atomic E-state index is 13.9. The van der Waals surface area contributed by atoms with Crippen molar-refractivity contribution in [3.8, 4) is 5.75 Å². The zero-order valence-electron chi connectivity index (χ0n) is 15.8. The van der Waals surface area contributed by atoms with E-state index in [9.17, 15) is 14.0 Å². The number of piperidine rings is 1. The van der Waals surface area contributed by atoms with Crippen LogP contribution < -0.4 is 20.7 Å². The molecule has 29 heavy (non-hydrogen) atoms. The number of aromatic nitrogens is 1. The minimum atomic E-state index is -0.533. The van der Waals surface area contributed by atoms with E-state index in [1.165, 1.54) is 13.2 Å². The van der Waals surface area contributed by atoms with Crippen molar-refractivity contribution in [2.24, 2.45) is 0 Å². The maximum Gasteiger partial charge on any atom is 0.417 e. The predicted octanol–water partition coefficient (Wildman–Crippen LogP) is 3.43. The van der Waals surface area contributed by atoms with Crippen LogP contribution in [0.5, 0.6) is 5.75 Å². The highest BCUT2D eigenvalue weighted by Crippen LogP contribution is 2.27. The number of hydrogen-bond donors (Lipinski definition) is 2. The smallest absolute Gasteiger partial charge is 0.417 e. The van der Waals surface area contributed by atoms with Crippen LogP contribution in [0.4, 0.5) is 15.8 Å². The maximum atomic E-state index is 13.9. The van der Waals surface area contributed by atoms with E-state index in [1.54, 1.807) is 30.3 Å². The van der Waals surface area contributed by atoms with Crippen LogP contribution in [0.15, 0.2) is 57.3 Å². The number of anilines is 2. The van der Waals surface area contributed by atoms with E-state index in [4.69, 9.17) is 9.15 Å². The standard InChI is InChI=1S/C21H20FN3O4/c1-28-18-5-3-15(12-16(18)22)25-8-6-13(7-9-25)10-20(26)23-14-2-4-17-19(11-14)29-21(27)24-17/h2-5,10-12H,6-9H2,1H3,(H,23,26)(H,24,27). The molecule has 0 spiro atoms. The Hall–Kier alpha value is -3.55.